The molecular formula is C13H24N2O2. The van der Waals surface area contributed by atoms with E-state index in [9.17, 15) is 4.79 Å². The highest BCUT2D eigenvalue weighted by Gasteiger charge is 2.28. The van der Waals surface area contributed by atoms with Crippen LogP contribution >= 0.6 is 0 Å². The van der Waals surface area contributed by atoms with Gasteiger partial charge in [-0.05, 0) is 33.7 Å². The number of ether oxygens (including phenoxy) is 1. The molecule has 0 aromatic rings. The molecule has 1 fully saturated rings. The SMILES string of the molecule is CCOC(=O)/C=C/CNCC(C)N(C)C1CC1. The van der Waals surface area contributed by atoms with Gasteiger partial charge in [-0.25, -0.2) is 4.79 Å². The summed E-state index contributed by atoms with van der Waals surface area (Å²) in [6.07, 6.45) is 5.96. The first-order valence-corrected chi connectivity index (χ1v) is 6.41. The fourth-order valence-electron chi connectivity index (χ4n) is 1.71. The Morgan fingerprint density at radius 2 is 2.29 bits per heavy atom. The molecule has 0 aromatic heterocycles. The molecule has 0 bridgehead atoms. The van der Waals surface area contributed by atoms with E-state index in [0.29, 0.717) is 19.2 Å². The molecule has 1 aliphatic rings. The number of hydrogen-bond acceptors (Lipinski definition) is 4. The van der Waals surface area contributed by atoms with Crippen LogP contribution in [0.3, 0.4) is 0 Å². The van der Waals surface area contributed by atoms with Crippen LogP contribution < -0.4 is 5.32 Å². The van der Waals surface area contributed by atoms with Crippen LogP contribution in [0.2, 0.25) is 0 Å². The van der Waals surface area contributed by atoms with Crippen LogP contribution in [0.1, 0.15) is 26.7 Å². The van der Waals surface area contributed by atoms with E-state index in [4.69, 9.17) is 4.74 Å². The Morgan fingerprint density at radius 3 is 2.88 bits per heavy atom. The molecule has 1 atom stereocenters. The van der Waals surface area contributed by atoms with E-state index in [1.165, 1.54) is 18.9 Å². The maximum absolute atomic E-state index is 11.0. The van der Waals surface area contributed by atoms with Gasteiger partial charge in [0, 0.05) is 31.2 Å². The summed E-state index contributed by atoms with van der Waals surface area (Å²) >= 11 is 0. The predicted octanol–water partition coefficient (Wildman–Crippen LogP) is 1.18. The Morgan fingerprint density at radius 1 is 1.59 bits per heavy atom. The highest BCUT2D eigenvalue weighted by atomic mass is 16.5. The number of likely N-dealkylation sites (N-methyl/N-ethyl adjacent to an activating group) is 1. The van der Waals surface area contributed by atoms with Crippen LogP contribution in [0.15, 0.2) is 12.2 Å². The summed E-state index contributed by atoms with van der Waals surface area (Å²) in [7, 11) is 2.18. The largest absolute Gasteiger partial charge is 0.463 e. The minimum atomic E-state index is -0.266. The van der Waals surface area contributed by atoms with Gasteiger partial charge >= 0.3 is 5.97 Å². The van der Waals surface area contributed by atoms with Crippen LogP contribution in [-0.2, 0) is 9.53 Å². The average molecular weight is 240 g/mol. The van der Waals surface area contributed by atoms with Crippen molar-refractivity contribution in [2.45, 2.75) is 38.8 Å². The van der Waals surface area contributed by atoms with Crippen molar-refractivity contribution in [3.05, 3.63) is 12.2 Å². The van der Waals surface area contributed by atoms with Gasteiger partial charge in [-0.2, -0.15) is 0 Å². The van der Waals surface area contributed by atoms with E-state index in [-0.39, 0.29) is 5.97 Å². The van der Waals surface area contributed by atoms with E-state index >= 15 is 0 Å². The normalized spacial score (nSPS) is 17.6. The molecule has 4 nitrogen and oxygen atoms in total. The summed E-state index contributed by atoms with van der Waals surface area (Å²) in [5.41, 5.74) is 0. The molecule has 0 aliphatic heterocycles. The Balaban J connectivity index is 2.04. The highest BCUT2D eigenvalue weighted by molar-refractivity contribution is 5.81. The van der Waals surface area contributed by atoms with Crippen molar-refractivity contribution in [2.24, 2.45) is 0 Å². The molecule has 1 saturated carbocycles. The second-order valence-corrected chi connectivity index (χ2v) is 4.56. The van der Waals surface area contributed by atoms with Crippen molar-refractivity contribution in [3.8, 4) is 0 Å². The Kier molecular flexibility index (Phi) is 6.22. The predicted molar refractivity (Wildman–Crippen MR) is 68.9 cm³/mol. The lowest BCUT2D eigenvalue weighted by Crippen LogP contribution is -2.39. The van der Waals surface area contributed by atoms with E-state index in [1.807, 2.05) is 6.08 Å². The van der Waals surface area contributed by atoms with Gasteiger partial charge in [0.15, 0.2) is 0 Å². The third-order valence-corrected chi connectivity index (χ3v) is 3.06. The number of carbonyl (C=O) groups is 1. The molecule has 1 unspecified atom stereocenters. The zero-order chi connectivity index (χ0) is 12.7. The molecule has 0 spiro atoms. The highest BCUT2D eigenvalue weighted by Crippen LogP contribution is 2.26. The van der Waals surface area contributed by atoms with Crippen molar-refractivity contribution >= 4 is 5.97 Å². The summed E-state index contributed by atoms with van der Waals surface area (Å²) in [6.45, 7) is 6.11. The molecule has 0 heterocycles. The molecule has 1 rings (SSSR count). The first-order valence-electron chi connectivity index (χ1n) is 6.41. The van der Waals surface area contributed by atoms with Gasteiger partial charge in [-0.15, -0.1) is 0 Å². The molecule has 98 valence electrons. The smallest absolute Gasteiger partial charge is 0.330 e. The number of carbonyl (C=O) groups excluding carboxylic acids is 1. The van der Waals surface area contributed by atoms with Gasteiger partial charge in [0.25, 0.3) is 0 Å². The topological polar surface area (TPSA) is 41.6 Å². The number of hydrogen-bond donors (Lipinski definition) is 1. The number of esters is 1. The van der Waals surface area contributed by atoms with E-state index < -0.39 is 0 Å². The van der Waals surface area contributed by atoms with Gasteiger partial charge in [0.2, 0.25) is 0 Å². The lowest BCUT2D eigenvalue weighted by molar-refractivity contribution is -0.137. The second-order valence-electron chi connectivity index (χ2n) is 4.56. The average Bonchev–Trinajstić information content (AvgIpc) is 3.11. The van der Waals surface area contributed by atoms with Crippen molar-refractivity contribution in [1.82, 2.24) is 10.2 Å². The fourth-order valence-corrected chi connectivity index (χ4v) is 1.71. The van der Waals surface area contributed by atoms with Crippen LogP contribution in [-0.4, -0.2) is 49.7 Å². The first-order chi connectivity index (χ1) is 8.15. The zero-order valence-electron chi connectivity index (χ0n) is 11.1. The van der Waals surface area contributed by atoms with Crippen LogP contribution in [0.25, 0.3) is 0 Å². The zero-order valence-corrected chi connectivity index (χ0v) is 11.1. The summed E-state index contributed by atoms with van der Waals surface area (Å²) in [4.78, 5) is 13.4. The van der Waals surface area contributed by atoms with Crippen molar-refractivity contribution in [3.63, 3.8) is 0 Å². The quantitative estimate of drug-likeness (QED) is 0.393. The molecule has 0 amide bonds. The van der Waals surface area contributed by atoms with Crippen molar-refractivity contribution < 1.29 is 9.53 Å². The summed E-state index contributed by atoms with van der Waals surface area (Å²) in [5.74, 6) is -0.266. The number of nitrogens with zero attached hydrogens (tertiary/aromatic N) is 1. The lowest BCUT2D eigenvalue weighted by atomic mass is 10.3. The van der Waals surface area contributed by atoms with Crippen LogP contribution in [0.5, 0.6) is 0 Å². The van der Waals surface area contributed by atoms with Crippen molar-refractivity contribution in [1.29, 1.82) is 0 Å². The van der Waals surface area contributed by atoms with Gasteiger partial charge in [0.05, 0.1) is 6.61 Å². The minimum Gasteiger partial charge on any atom is -0.463 e. The Hall–Kier alpha value is -0.870. The van der Waals surface area contributed by atoms with Gasteiger partial charge in [-0.3, -0.25) is 4.90 Å². The fraction of sp³-hybridized carbons (Fsp3) is 0.769. The molecule has 1 N–H and O–H groups in total. The van der Waals surface area contributed by atoms with E-state index in [0.717, 1.165) is 12.6 Å². The molecule has 17 heavy (non-hydrogen) atoms. The third-order valence-electron chi connectivity index (χ3n) is 3.06. The standard InChI is InChI=1S/C13H24N2O2/c1-4-17-13(16)6-5-9-14-10-11(2)15(3)12-7-8-12/h5-6,11-12,14H,4,7-10H2,1-3H3/b6-5+. The molecular weight excluding hydrogens is 216 g/mol. The Labute approximate surface area is 104 Å². The lowest BCUT2D eigenvalue weighted by Gasteiger charge is -2.24. The minimum absolute atomic E-state index is 0.266. The van der Waals surface area contributed by atoms with Gasteiger partial charge in [0.1, 0.15) is 0 Å². The maximum atomic E-state index is 11.0. The van der Waals surface area contributed by atoms with Crippen LogP contribution in [0.4, 0.5) is 0 Å². The van der Waals surface area contributed by atoms with E-state index in [1.54, 1.807) is 6.92 Å². The third kappa shape index (κ3) is 5.84. The second kappa shape index (κ2) is 7.45. The monoisotopic (exact) mass is 240 g/mol. The Bertz CT molecular complexity index is 262. The summed E-state index contributed by atoms with van der Waals surface area (Å²) in [5, 5.41) is 3.31. The van der Waals surface area contributed by atoms with Gasteiger partial charge < -0.3 is 10.1 Å². The summed E-state index contributed by atoms with van der Waals surface area (Å²) < 4.78 is 4.79. The summed E-state index contributed by atoms with van der Waals surface area (Å²) in [6, 6.07) is 1.33. The molecule has 0 radical (unpaired) electrons. The molecule has 1 aliphatic carbocycles. The maximum Gasteiger partial charge on any atom is 0.330 e. The first kappa shape index (κ1) is 14.2. The molecule has 4 heteroatoms. The van der Waals surface area contributed by atoms with E-state index in [2.05, 4.69) is 24.2 Å². The molecule has 0 aromatic carbocycles. The van der Waals surface area contributed by atoms with Crippen LogP contribution in [0, 0.1) is 0 Å². The number of rotatable bonds is 8. The molecule has 0 saturated heterocycles. The van der Waals surface area contributed by atoms with Crippen molar-refractivity contribution in [2.75, 3.05) is 26.7 Å². The number of nitrogens with one attached hydrogen (secondary N) is 1. The van der Waals surface area contributed by atoms with Gasteiger partial charge in [-0.1, -0.05) is 6.08 Å².